The highest BCUT2D eigenvalue weighted by atomic mass is 32.1. The van der Waals surface area contributed by atoms with Gasteiger partial charge in [-0.15, -0.1) is 11.3 Å². The smallest absolute Gasteiger partial charge is 0.225 e. The normalized spacial score (nSPS) is 13.0. The van der Waals surface area contributed by atoms with Gasteiger partial charge in [0.15, 0.2) is 11.0 Å². The Kier molecular flexibility index (Phi) is 7.68. The molecule has 0 radical (unpaired) electrons. The SMILES string of the molecule is Cc1ccc2c(sc3cc(C(C)(C)C)ccc32)c1-c1n(C)c2ccc3ccccc3c2[n+]1-c1c(C(C)C)cc(C(C)(C)C)cc1C(C)C. The lowest BCUT2D eigenvalue weighted by Gasteiger charge is -2.26. The Hall–Kier alpha value is -3.95. The van der Waals surface area contributed by atoms with Crippen LogP contribution in [0.25, 0.3) is 59.1 Å². The molecule has 0 aliphatic carbocycles. The summed E-state index contributed by atoms with van der Waals surface area (Å²) in [6.07, 6.45) is 0. The Balaban J connectivity index is 1.71. The molecule has 0 spiro atoms. The number of nitrogens with zero attached hydrogens (tertiary/aromatic N) is 2. The molecule has 0 atom stereocenters. The van der Waals surface area contributed by atoms with E-state index in [0.29, 0.717) is 11.8 Å². The first-order valence-electron chi connectivity index (χ1n) is 17.7. The molecule has 0 saturated heterocycles. The summed E-state index contributed by atoms with van der Waals surface area (Å²) in [6, 6.07) is 30.4. The molecule has 3 heteroatoms. The first-order chi connectivity index (χ1) is 22.6. The number of hydrogen-bond acceptors (Lipinski definition) is 1. The highest BCUT2D eigenvalue weighted by molar-refractivity contribution is 7.26. The largest absolute Gasteiger partial charge is 0.296 e. The fraction of sp³-hybridized carbons (Fsp3) is 0.356. The van der Waals surface area contributed by atoms with E-state index in [0.717, 1.165) is 0 Å². The van der Waals surface area contributed by atoms with Crippen LogP contribution in [0.2, 0.25) is 0 Å². The lowest BCUT2D eigenvalue weighted by Crippen LogP contribution is -2.37. The second-order valence-corrected chi connectivity index (χ2v) is 17.7. The van der Waals surface area contributed by atoms with Crippen molar-refractivity contribution in [2.75, 3.05) is 0 Å². The number of imidazole rings is 1. The maximum Gasteiger partial charge on any atom is 0.296 e. The zero-order chi connectivity index (χ0) is 34.4. The van der Waals surface area contributed by atoms with Gasteiger partial charge in [0.2, 0.25) is 0 Å². The van der Waals surface area contributed by atoms with Crippen molar-refractivity contribution in [1.82, 2.24) is 4.57 Å². The molecular weight excluding hydrogens is 601 g/mol. The van der Waals surface area contributed by atoms with E-state index >= 15 is 0 Å². The summed E-state index contributed by atoms with van der Waals surface area (Å²) in [5.41, 5.74) is 12.3. The van der Waals surface area contributed by atoms with Crippen molar-refractivity contribution in [2.24, 2.45) is 7.05 Å². The molecule has 7 rings (SSSR count). The summed E-state index contributed by atoms with van der Waals surface area (Å²) in [4.78, 5) is 0. The number of thiophene rings is 1. The van der Waals surface area contributed by atoms with Crippen molar-refractivity contribution < 1.29 is 4.57 Å². The van der Waals surface area contributed by atoms with E-state index in [2.05, 4.69) is 171 Å². The van der Waals surface area contributed by atoms with Crippen molar-refractivity contribution in [3.05, 3.63) is 107 Å². The number of aromatic nitrogens is 2. The molecule has 2 heterocycles. The quantitative estimate of drug-likeness (QED) is 0.167. The predicted molar refractivity (Wildman–Crippen MR) is 211 cm³/mol. The summed E-state index contributed by atoms with van der Waals surface area (Å²) in [5, 5.41) is 5.25. The summed E-state index contributed by atoms with van der Waals surface area (Å²) < 4.78 is 7.87. The van der Waals surface area contributed by atoms with Crippen LogP contribution >= 0.6 is 11.3 Å². The lowest BCUT2D eigenvalue weighted by molar-refractivity contribution is -0.556. The fourth-order valence-corrected chi connectivity index (χ4v) is 8.89. The number of rotatable bonds is 4. The number of hydrogen-bond donors (Lipinski definition) is 0. The van der Waals surface area contributed by atoms with E-state index in [4.69, 9.17) is 0 Å². The van der Waals surface area contributed by atoms with Crippen LogP contribution in [0.15, 0.2) is 78.9 Å². The first-order valence-corrected chi connectivity index (χ1v) is 18.5. The highest BCUT2D eigenvalue weighted by Gasteiger charge is 2.35. The van der Waals surface area contributed by atoms with Crippen LogP contribution in [0.3, 0.4) is 0 Å². The van der Waals surface area contributed by atoms with Crippen LogP contribution in [0.5, 0.6) is 0 Å². The molecule has 246 valence electrons. The third-order valence-corrected chi connectivity index (χ3v) is 11.6. The van der Waals surface area contributed by atoms with Gasteiger partial charge in [0.1, 0.15) is 5.69 Å². The monoisotopic (exact) mass is 651 g/mol. The maximum atomic E-state index is 2.67. The van der Waals surface area contributed by atoms with Crippen LogP contribution < -0.4 is 4.57 Å². The Morgan fingerprint density at radius 2 is 1.29 bits per heavy atom. The second kappa shape index (κ2) is 11.3. The van der Waals surface area contributed by atoms with Gasteiger partial charge < -0.3 is 0 Å². The predicted octanol–water partition coefficient (Wildman–Crippen LogP) is 12.8. The molecule has 0 saturated carbocycles. The molecule has 2 nitrogen and oxygen atoms in total. The molecule has 0 aliphatic rings. The third-order valence-electron chi connectivity index (χ3n) is 10.4. The van der Waals surface area contributed by atoms with Crippen LogP contribution in [-0.4, -0.2) is 4.57 Å². The van der Waals surface area contributed by atoms with Crippen molar-refractivity contribution in [2.45, 2.75) is 98.8 Å². The number of aryl methyl sites for hydroxylation is 2. The van der Waals surface area contributed by atoms with Gasteiger partial charge in [-0.1, -0.05) is 124 Å². The minimum Gasteiger partial charge on any atom is -0.225 e. The molecule has 0 aliphatic heterocycles. The number of fused-ring (bicyclic) bond motifs is 6. The zero-order valence-electron chi connectivity index (χ0n) is 31.0. The second-order valence-electron chi connectivity index (χ2n) is 16.6. The van der Waals surface area contributed by atoms with Gasteiger partial charge in [-0.2, -0.15) is 4.57 Å². The van der Waals surface area contributed by atoms with Crippen LogP contribution in [0, 0.1) is 6.92 Å². The summed E-state index contributed by atoms with van der Waals surface area (Å²) in [6.45, 7) is 25.7. The van der Waals surface area contributed by atoms with Gasteiger partial charge in [-0.3, -0.25) is 0 Å². The molecular formula is C45H51N2S+. The average Bonchev–Trinajstić information content (AvgIpc) is 3.53. The van der Waals surface area contributed by atoms with E-state index in [1.54, 1.807) is 0 Å². The topological polar surface area (TPSA) is 8.81 Å². The van der Waals surface area contributed by atoms with Gasteiger partial charge in [0.05, 0.1) is 17.3 Å². The Morgan fingerprint density at radius 3 is 1.92 bits per heavy atom. The molecule has 5 aromatic carbocycles. The molecule has 0 amide bonds. The van der Waals surface area contributed by atoms with E-state index in [-0.39, 0.29) is 10.8 Å². The van der Waals surface area contributed by atoms with Crippen molar-refractivity contribution in [1.29, 1.82) is 0 Å². The third kappa shape index (κ3) is 5.08. The van der Waals surface area contributed by atoms with E-state index in [9.17, 15) is 0 Å². The molecule has 0 N–H and O–H groups in total. The average molecular weight is 652 g/mol. The van der Waals surface area contributed by atoms with E-state index < -0.39 is 0 Å². The van der Waals surface area contributed by atoms with Crippen LogP contribution in [0.1, 0.15) is 109 Å². The minimum absolute atomic E-state index is 0.0515. The molecule has 0 fully saturated rings. The van der Waals surface area contributed by atoms with Gasteiger partial charge in [-0.05, 0) is 75.9 Å². The Morgan fingerprint density at radius 1 is 0.667 bits per heavy atom. The van der Waals surface area contributed by atoms with Crippen molar-refractivity contribution in [3.8, 4) is 17.1 Å². The molecule has 0 bridgehead atoms. The van der Waals surface area contributed by atoms with Gasteiger partial charge >= 0.3 is 0 Å². The van der Waals surface area contributed by atoms with Gasteiger partial charge in [-0.25, -0.2) is 4.57 Å². The van der Waals surface area contributed by atoms with Gasteiger partial charge in [0.25, 0.3) is 5.82 Å². The van der Waals surface area contributed by atoms with E-state index in [1.807, 2.05) is 11.3 Å². The zero-order valence-corrected chi connectivity index (χ0v) is 31.8. The van der Waals surface area contributed by atoms with E-state index in [1.165, 1.54) is 86.9 Å². The number of benzene rings is 5. The lowest BCUT2D eigenvalue weighted by atomic mass is 9.81. The highest BCUT2D eigenvalue weighted by Crippen LogP contribution is 2.44. The van der Waals surface area contributed by atoms with Gasteiger partial charge in [0, 0.05) is 32.0 Å². The summed E-state index contributed by atoms with van der Waals surface area (Å²) in [5.74, 6) is 1.95. The Labute approximate surface area is 291 Å². The molecule has 7 aromatic rings. The fourth-order valence-electron chi connectivity index (χ4n) is 7.55. The van der Waals surface area contributed by atoms with Crippen molar-refractivity contribution >= 4 is 53.3 Å². The summed E-state index contributed by atoms with van der Waals surface area (Å²) >= 11 is 1.95. The van der Waals surface area contributed by atoms with Crippen LogP contribution in [-0.2, 0) is 17.9 Å². The summed E-state index contributed by atoms with van der Waals surface area (Å²) in [7, 11) is 2.28. The maximum absolute atomic E-state index is 2.67. The molecule has 0 unspecified atom stereocenters. The van der Waals surface area contributed by atoms with Crippen LogP contribution in [0.4, 0.5) is 0 Å². The minimum atomic E-state index is 0.0515. The van der Waals surface area contributed by atoms with Crippen molar-refractivity contribution in [3.63, 3.8) is 0 Å². The molecule has 2 aromatic heterocycles. The Bertz CT molecular complexity index is 2350. The molecule has 48 heavy (non-hydrogen) atoms. The standard InChI is InChI=1S/C45H51N2S/c1-26(2)35-23-31(45(9,10)11)24-36(27(3)4)40(35)47-41-32-16-14-13-15-29(32)18-22-37(41)46(12)43(47)39-28(5)17-20-34-33-21-19-30(44(6,7)8)25-38(33)48-42(34)39/h13-27H,1-12H3/q+1. The first kappa shape index (κ1) is 32.6.